The molecule has 1 fully saturated rings. The number of para-hydroxylation sites is 1. The number of hydrogen-bond acceptors (Lipinski definition) is 7. The van der Waals surface area contributed by atoms with Gasteiger partial charge in [-0.3, -0.25) is 20.1 Å². The molecule has 0 spiro atoms. The first-order valence-electron chi connectivity index (χ1n) is 17.9. The number of nitrogens with zero attached hydrogens (tertiary/aromatic N) is 5. The van der Waals surface area contributed by atoms with E-state index in [1.54, 1.807) is 23.9 Å². The Morgan fingerprint density at radius 1 is 1.00 bits per heavy atom. The van der Waals surface area contributed by atoms with Gasteiger partial charge in [0.05, 0.1) is 29.7 Å². The van der Waals surface area contributed by atoms with Gasteiger partial charge in [-0.15, -0.1) is 0 Å². The largest absolute Gasteiger partial charge is 0.416 e. The minimum atomic E-state index is -1.81. The molecule has 4 heterocycles. The lowest BCUT2D eigenvalue weighted by Crippen LogP contribution is -2.42. The number of pyridine rings is 1. The number of benzene rings is 2. The third-order valence-corrected chi connectivity index (χ3v) is 15.3. The maximum atomic E-state index is 14.3. The molecule has 51 heavy (non-hydrogen) atoms. The van der Waals surface area contributed by atoms with Gasteiger partial charge in [0, 0.05) is 76.2 Å². The second-order valence-corrected chi connectivity index (χ2v) is 20.1. The summed E-state index contributed by atoms with van der Waals surface area (Å²) >= 11 is 0. The first kappa shape index (κ1) is 36.8. The van der Waals surface area contributed by atoms with Crippen molar-refractivity contribution in [2.45, 2.75) is 70.9 Å². The average Bonchev–Trinajstić information content (AvgIpc) is 3.78. The third-order valence-electron chi connectivity index (χ3n) is 10.7. The highest BCUT2D eigenvalue weighted by molar-refractivity contribution is 6.74. The van der Waals surface area contributed by atoms with Gasteiger partial charge in [0.15, 0.2) is 8.32 Å². The van der Waals surface area contributed by atoms with E-state index < -0.39 is 8.32 Å². The monoisotopic (exact) mass is 713 g/mol. The van der Waals surface area contributed by atoms with E-state index in [1.165, 1.54) is 11.6 Å². The van der Waals surface area contributed by atoms with E-state index in [4.69, 9.17) is 19.2 Å². The number of anilines is 1. The van der Waals surface area contributed by atoms with E-state index in [0.29, 0.717) is 32.1 Å². The molecule has 2 atom stereocenters. The van der Waals surface area contributed by atoms with Crippen LogP contribution >= 0.6 is 0 Å². The van der Waals surface area contributed by atoms with E-state index in [0.717, 1.165) is 59.9 Å². The lowest BCUT2D eigenvalue weighted by molar-refractivity contribution is 0.159. The van der Waals surface area contributed by atoms with Gasteiger partial charge in [0.25, 0.3) is 0 Å². The van der Waals surface area contributed by atoms with Crippen LogP contribution in [0.1, 0.15) is 49.1 Å². The number of methoxy groups -OCH3 is 1. The molecule has 10 nitrogen and oxygen atoms in total. The Bertz CT molecular complexity index is 1830. The summed E-state index contributed by atoms with van der Waals surface area (Å²) < 4.78 is 27.8. The molecule has 2 N–H and O–H groups in total. The molecule has 0 unspecified atom stereocenters. The van der Waals surface area contributed by atoms with Crippen LogP contribution in [0.15, 0.2) is 66.9 Å². The number of nitrogens with one attached hydrogen (secondary N) is 2. The van der Waals surface area contributed by atoms with Gasteiger partial charge in [0.1, 0.15) is 11.6 Å². The molecule has 2 aliphatic rings. The van der Waals surface area contributed by atoms with Gasteiger partial charge >= 0.3 is 6.03 Å². The van der Waals surface area contributed by atoms with Gasteiger partial charge in [-0.2, -0.15) is 5.10 Å². The fourth-order valence-corrected chi connectivity index (χ4v) is 7.79. The first-order valence-corrected chi connectivity index (χ1v) is 20.8. The van der Waals surface area contributed by atoms with Gasteiger partial charge in [0.2, 0.25) is 0 Å². The summed E-state index contributed by atoms with van der Waals surface area (Å²) in [6, 6.07) is 18.1. The van der Waals surface area contributed by atoms with Crippen LogP contribution in [0, 0.1) is 12.7 Å². The van der Waals surface area contributed by atoms with Crippen LogP contribution in [0.5, 0.6) is 0 Å². The number of carbonyl (C=O) groups excluding carboxylic acids is 1. The highest BCUT2D eigenvalue weighted by atomic mass is 28.4. The number of halogens is 1. The van der Waals surface area contributed by atoms with Crippen molar-refractivity contribution in [3.63, 3.8) is 0 Å². The standard InChI is InChI=1S/C39H52FN7O3Si/c1-27-36(29-20-30-23-45(25-34(30)41-22-29)17-19-50-51(6,7)39(2,3)4)44-47(32-14-9-8-10-15-32)37(27)43-38(48)42-35-26-46(16-18-49-5)24-33(35)28-12-11-13-31(40)21-28/h8-15,20-22,33,35H,16-19,23-26H2,1-7H3,(H2,42,43,48)/t33-,35+/m0/s1. The molecule has 12 heteroatoms. The topological polar surface area (TPSA) is 96.8 Å². The molecule has 0 saturated carbocycles. The minimum absolute atomic E-state index is 0.0744. The first-order chi connectivity index (χ1) is 24.3. The van der Waals surface area contributed by atoms with Crippen molar-refractivity contribution < 1.29 is 18.3 Å². The van der Waals surface area contributed by atoms with Crippen LogP contribution < -0.4 is 10.6 Å². The van der Waals surface area contributed by atoms with E-state index in [9.17, 15) is 9.18 Å². The predicted octanol–water partition coefficient (Wildman–Crippen LogP) is 6.96. The summed E-state index contributed by atoms with van der Waals surface area (Å²) in [5.74, 6) is 0.218. The molecule has 1 saturated heterocycles. The zero-order chi connectivity index (χ0) is 36.3. The van der Waals surface area contributed by atoms with Crippen LogP contribution in [-0.2, 0) is 22.3 Å². The molecule has 2 amide bonds. The van der Waals surface area contributed by atoms with E-state index >= 15 is 0 Å². The number of rotatable bonds is 12. The van der Waals surface area contributed by atoms with Crippen molar-refractivity contribution in [2.75, 3.05) is 51.8 Å². The fraction of sp³-hybridized carbons (Fsp3) is 0.462. The highest BCUT2D eigenvalue weighted by Crippen LogP contribution is 2.37. The van der Waals surface area contributed by atoms with Crippen molar-refractivity contribution in [3.8, 4) is 16.9 Å². The number of aromatic nitrogens is 3. The maximum Gasteiger partial charge on any atom is 0.320 e. The van der Waals surface area contributed by atoms with Gasteiger partial charge in [-0.05, 0) is 66.5 Å². The Balaban J connectivity index is 1.21. The quantitative estimate of drug-likeness (QED) is 0.153. The Labute approximate surface area is 302 Å². The molecule has 2 aromatic carbocycles. The summed E-state index contributed by atoms with van der Waals surface area (Å²) in [5, 5.41) is 11.6. The van der Waals surface area contributed by atoms with E-state index in [2.05, 4.69) is 60.4 Å². The Hall–Kier alpha value is -3.94. The van der Waals surface area contributed by atoms with Crippen LogP contribution in [0.25, 0.3) is 16.9 Å². The third kappa shape index (κ3) is 8.42. The number of ether oxygens (including phenoxy) is 1. The van der Waals surface area contributed by atoms with Crippen molar-refractivity contribution >= 4 is 20.2 Å². The number of carbonyl (C=O) groups is 1. The number of fused-ring (bicyclic) bond motifs is 1. The summed E-state index contributed by atoms with van der Waals surface area (Å²) in [6.07, 6.45) is 1.89. The van der Waals surface area contributed by atoms with Crippen molar-refractivity contribution in [3.05, 3.63) is 95.1 Å². The lowest BCUT2D eigenvalue weighted by atomic mass is 9.94. The summed E-state index contributed by atoms with van der Waals surface area (Å²) in [6.45, 7) is 19.1. The lowest BCUT2D eigenvalue weighted by Gasteiger charge is -2.36. The summed E-state index contributed by atoms with van der Waals surface area (Å²) in [4.78, 5) is 23.3. The van der Waals surface area contributed by atoms with Crippen LogP contribution in [0.2, 0.25) is 18.1 Å². The number of hydrogen-bond donors (Lipinski definition) is 2. The molecule has 2 aromatic heterocycles. The SMILES string of the molecule is COCCN1C[C@@H](NC(=O)Nc2c(C)c(-c3cnc4c(c3)CN(CCO[Si](C)(C)C(C)(C)C)C4)nn2-c2ccccc2)[C@H](c2cccc(F)c2)C1. The Kier molecular flexibility index (Phi) is 11.1. The number of likely N-dealkylation sites (tertiary alicyclic amines) is 1. The van der Waals surface area contributed by atoms with Gasteiger partial charge < -0.3 is 14.5 Å². The molecule has 0 aliphatic carbocycles. The molecule has 2 aliphatic heterocycles. The van der Waals surface area contributed by atoms with Crippen LogP contribution in [-0.4, -0.2) is 91.5 Å². The molecule has 272 valence electrons. The Morgan fingerprint density at radius 2 is 1.76 bits per heavy atom. The van der Waals surface area contributed by atoms with Crippen LogP contribution in [0.4, 0.5) is 15.0 Å². The van der Waals surface area contributed by atoms with Crippen molar-refractivity contribution in [1.29, 1.82) is 0 Å². The van der Waals surface area contributed by atoms with Crippen LogP contribution in [0.3, 0.4) is 0 Å². The fourth-order valence-electron chi connectivity index (χ4n) is 6.76. The zero-order valence-electron chi connectivity index (χ0n) is 31.0. The molecule has 6 rings (SSSR count). The molecule has 0 bridgehead atoms. The second kappa shape index (κ2) is 15.3. The van der Waals surface area contributed by atoms with Crippen molar-refractivity contribution in [2.24, 2.45) is 0 Å². The molecular formula is C39H52FN7O3Si. The number of urea groups is 1. The minimum Gasteiger partial charge on any atom is -0.416 e. The van der Waals surface area contributed by atoms with Crippen molar-refractivity contribution in [1.82, 2.24) is 29.9 Å². The van der Waals surface area contributed by atoms with E-state index in [-0.39, 0.29) is 28.8 Å². The normalized spacial score (nSPS) is 18.3. The van der Waals surface area contributed by atoms with E-state index in [1.807, 2.05) is 49.5 Å². The number of amides is 2. The van der Waals surface area contributed by atoms with Gasteiger partial charge in [-0.1, -0.05) is 51.1 Å². The second-order valence-electron chi connectivity index (χ2n) is 15.3. The smallest absolute Gasteiger partial charge is 0.320 e. The zero-order valence-corrected chi connectivity index (χ0v) is 32.0. The predicted molar refractivity (Wildman–Crippen MR) is 202 cm³/mol. The van der Waals surface area contributed by atoms with Gasteiger partial charge in [-0.25, -0.2) is 13.9 Å². The highest BCUT2D eigenvalue weighted by Gasteiger charge is 2.38. The summed E-state index contributed by atoms with van der Waals surface area (Å²) in [7, 11) is -0.130. The molecular weight excluding hydrogens is 662 g/mol. The maximum absolute atomic E-state index is 14.3. The molecule has 0 radical (unpaired) electrons. The molecule has 4 aromatic rings. The average molecular weight is 714 g/mol. The Morgan fingerprint density at radius 3 is 2.49 bits per heavy atom. The summed E-state index contributed by atoms with van der Waals surface area (Å²) in [5.41, 5.74) is 6.44.